The van der Waals surface area contributed by atoms with Crippen molar-refractivity contribution in [3.63, 3.8) is 0 Å². The van der Waals surface area contributed by atoms with E-state index in [2.05, 4.69) is 11.7 Å². The van der Waals surface area contributed by atoms with E-state index >= 15 is 0 Å². The minimum absolute atomic E-state index is 0.318. The molecule has 0 aromatic heterocycles. The van der Waals surface area contributed by atoms with Crippen LogP contribution < -0.4 is 0 Å². The zero-order valence-corrected chi connectivity index (χ0v) is 8.14. The number of ether oxygens (including phenoxy) is 1. The Morgan fingerprint density at radius 1 is 1.27 bits per heavy atom. The second kappa shape index (κ2) is 12.3. The molecule has 0 N–H and O–H groups in total. The average molecular weight is 160 g/mol. The molecule has 0 unspecified atom stereocenters. The number of carbonyl (C=O) groups excluding carboxylic acids is 1. The molecule has 0 aliphatic rings. The van der Waals surface area contributed by atoms with Crippen LogP contribution in [0.25, 0.3) is 0 Å². The largest absolute Gasteiger partial charge is 0.388 e. The Kier molecular flexibility index (Phi) is 14.8. The van der Waals surface area contributed by atoms with Crippen LogP contribution in [0.1, 0.15) is 39.5 Å². The van der Waals surface area contributed by atoms with Gasteiger partial charge in [0.2, 0.25) is 0 Å². The van der Waals surface area contributed by atoms with Crippen LogP contribution in [0.2, 0.25) is 0 Å². The van der Waals surface area contributed by atoms with Crippen LogP contribution in [-0.4, -0.2) is 20.0 Å². The molecule has 0 radical (unpaired) electrons. The summed E-state index contributed by atoms with van der Waals surface area (Å²) in [6, 6.07) is 0. The van der Waals surface area contributed by atoms with Gasteiger partial charge in [0, 0.05) is 20.6 Å². The Morgan fingerprint density at radius 3 is 2.00 bits per heavy atom. The highest BCUT2D eigenvalue weighted by atomic mass is 16.4. The lowest BCUT2D eigenvalue weighted by atomic mass is 10.2. The van der Waals surface area contributed by atoms with Gasteiger partial charge in [0.25, 0.3) is 0 Å². The molecular weight excluding hydrogens is 140 g/mol. The number of Topliss-reactive ketones (excluding diaryl/α,β-unsaturated/α-hetero) is 1. The molecule has 0 atom stereocenters. The van der Waals surface area contributed by atoms with Crippen molar-refractivity contribution in [3.05, 3.63) is 0 Å². The summed E-state index contributed by atoms with van der Waals surface area (Å²) in [6.45, 7) is 3.79. The van der Waals surface area contributed by atoms with Gasteiger partial charge in [-0.3, -0.25) is 0 Å². The first-order valence-corrected chi connectivity index (χ1v) is 4.08. The third kappa shape index (κ3) is 26.2. The van der Waals surface area contributed by atoms with Crippen molar-refractivity contribution in [1.29, 1.82) is 0 Å². The maximum absolute atomic E-state index is 10.3. The van der Waals surface area contributed by atoms with Crippen molar-refractivity contribution in [1.82, 2.24) is 0 Å². The van der Waals surface area contributed by atoms with Gasteiger partial charge in [0.05, 0.1) is 0 Å². The summed E-state index contributed by atoms with van der Waals surface area (Å²) in [7, 11) is 3.25. The first-order chi connectivity index (χ1) is 5.18. The Balaban J connectivity index is 0. The van der Waals surface area contributed by atoms with Crippen LogP contribution in [0.4, 0.5) is 0 Å². The van der Waals surface area contributed by atoms with Crippen LogP contribution in [0.3, 0.4) is 0 Å². The van der Waals surface area contributed by atoms with E-state index in [1.54, 1.807) is 21.1 Å². The molecule has 0 spiro atoms. The number of unbranched alkanes of at least 4 members (excludes halogenated alkanes) is 2. The highest BCUT2D eigenvalue weighted by Gasteiger charge is 1.89. The zero-order chi connectivity index (χ0) is 9.11. The fourth-order valence-corrected chi connectivity index (χ4v) is 0.624. The maximum atomic E-state index is 10.3. The monoisotopic (exact) mass is 160 g/mol. The van der Waals surface area contributed by atoms with Crippen LogP contribution in [0.15, 0.2) is 0 Å². The van der Waals surface area contributed by atoms with E-state index < -0.39 is 0 Å². The second-order valence-electron chi connectivity index (χ2n) is 2.57. The van der Waals surface area contributed by atoms with E-state index in [-0.39, 0.29) is 0 Å². The highest BCUT2D eigenvalue weighted by molar-refractivity contribution is 5.75. The quantitative estimate of drug-likeness (QED) is 0.590. The summed E-state index contributed by atoms with van der Waals surface area (Å²) in [5, 5.41) is 0. The van der Waals surface area contributed by atoms with Gasteiger partial charge in [-0.1, -0.05) is 19.8 Å². The third-order valence-corrected chi connectivity index (χ3v) is 1.13. The van der Waals surface area contributed by atoms with Gasteiger partial charge >= 0.3 is 0 Å². The number of carbonyl (C=O) groups is 1. The predicted molar refractivity (Wildman–Crippen MR) is 47.8 cm³/mol. The van der Waals surface area contributed by atoms with Gasteiger partial charge in [-0.25, -0.2) is 0 Å². The van der Waals surface area contributed by atoms with Crippen molar-refractivity contribution in [2.45, 2.75) is 39.5 Å². The molecule has 0 fully saturated rings. The molecule has 0 bridgehead atoms. The first-order valence-electron chi connectivity index (χ1n) is 4.08. The van der Waals surface area contributed by atoms with Crippen LogP contribution >= 0.6 is 0 Å². The molecule has 0 saturated heterocycles. The van der Waals surface area contributed by atoms with Crippen molar-refractivity contribution in [3.8, 4) is 0 Å². The predicted octanol–water partition coefficient (Wildman–Crippen LogP) is 2.42. The second-order valence-corrected chi connectivity index (χ2v) is 2.57. The van der Waals surface area contributed by atoms with Crippen molar-refractivity contribution >= 4 is 5.78 Å². The average Bonchev–Trinajstić information content (AvgIpc) is 1.89. The Morgan fingerprint density at radius 2 is 1.73 bits per heavy atom. The smallest absolute Gasteiger partial charge is 0.129 e. The molecule has 0 rings (SSSR count). The van der Waals surface area contributed by atoms with E-state index in [4.69, 9.17) is 0 Å². The number of hydrogen-bond acceptors (Lipinski definition) is 2. The molecule has 0 aromatic carbocycles. The third-order valence-electron chi connectivity index (χ3n) is 1.13. The molecule has 0 aliphatic heterocycles. The number of hydrogen-bond donors (Lipinski definition) is 0. The van der Waals surface area contributed by atoms with Crippen molar-refractivity contribution in [2.75, 3.05) is 14.2 Å². The van der Waals surface area contributed by atoms with Crippen molar-refractivity contribution in [2.24, 2.45) is 0 Å². The van der Waals surface area contributed by atoms with Gasteiger partial charge in [-0.2, -0.15) is 0 Å². The van der Waals surface area contributed by atoms with Gasteiger partial charge in [0.15, 0.2) is 0 Å². The molecule has 0 saturated carbocycles. The zero-order valence-electron chi connectivity index (χ0n) is 8.14. The number of methoxy groups -OCH3 is 1. The summed E-state index contributed by atoms with van der Waals surface area (Å²) in [5.74, 6) is 0.318. The van der Waals surface area contributed by atoms with E-state index in [9.17, 15) is 4.79 Å². The molecule has 68 valence electrons. The van der Waals surface area contributed by atoms with Crippen LogP contribution in [0, 0.1) is 0 Å². The van der Waals surface area contributed by atoms with Gasteiger partial charge in [0.1, 0.15) is 5.78 Å². The Labute approximate surface area is 69.9 Å². The fraction of sp³-hybridized carbons (Fsp3) is 0.889. The van der Waals surface area contributed by atoms with E-state index in [0.717, 1.165) is 12.8 Å². The first kappa shape index (κ1) is 13.2. The molecule has 2 nitrogen and oxygen atoms in total. The minimum atomic E-state index is 0.318. The summed E-state index contributed by atoms with van der Waals surface area (Å²) in [4.78, 5) is 10.3. The highest BCUT2D eigenvalue weighted by Crippen LogP contribution is 1.98. The van der Waals surface area contributed by atoms with E-state index in [0.29, 0.717) is 5.78 Å². The molecule has 2 heteroatoms. The lowest BCUT2D eigenvalue weighted by molar-refractivity contribution is -0.117. The minimum Gasteiger partial charge on any atom is -0.388 e. The molecule has 0 aromatic rings. The molecule has 0 heterocycles. The van der Waals surface area contributed by atoms with Gasteiger partial charge < -0.3 is 9.53 Å². The van der Waals surface area contributed by atoms with E-state index in [1.165, 1.54) is 12.8 Å². The standard InChI is InChI=1S/C7H14O.C2H6O/c1-3-4-5-6-7(2)8;1-3-2/h3-6H2,1-2H3;1-2H3. The summed E-state index contributed by atoms with van der Waals surface area (Å²) < 4.78 is 4.25. The molecule has 0 aliphatic carbocycles. The fourth-order valence-electron chi connectivity index (χ4n) is 0.624. The molecule has 0 amide bonds. The molecule has 11 heavy (non-hydrogen) atoms. The Bertz CT molecular complexity index is 79.6. The number of rotatable bonds is 4. The van der Waals surface area contributed by atoms with Crippen LogP contribution in [-0.2, 0) is 9.53 Å². The normalized spacial score (nSPS) is 8.36. The van der Waals surface area contributed by atoms with Gasteiger partial charge in [-0.05, 0) is 13.3 Å². The summed E-state index contributed by atoms with van der Waals surface area (Å²) >= 11 is 0. The molecular formula is C9H20O2. The SMILES string of the molecule is CCCCCC(C)=O.COC. The summed E-state index contributed by atoms with van der Waals surface area (Å²) in [6.07, 6.45) is 4.24. The Hall–Kier alpha value is -0.370. The van der Waals surface area contributed by atoms with E-state index in [1.807, 2.05) is 0 Å². The van der Waals surface area contributed by atoms with Crippen molar-refractivity contribution < 1.29 is 9.53 Å². The topological polar surface area (TPSA) is 26.3 Å². The number of ketones is 1. The van der Waals surface area contributed by atoms with Gasteiger partial charge in [-0.15, -0.1) is 0 Å². The maximum Gasteiger partial charge on any atom is 0.129 e. The lowest BCUT2D eigenvalue weighted by Gasteiger charge is -1.90. The lowest BCUT2D eigenvalue weighted by Crippen LogP contribution is -1.87. The summed E-state index contributed by atoms with van der Waals surface area (Å²) in [5.41, 5.74) is 0. The van der Waals surface area contributed by atoms with Crippen LogP contribution in [0.5, 0.6) is 0 Å².